The number of pyridine rings is 1. The molecule has 0 radical (unpaired) electrons. The van der Waals surface area contributed by atoms with Crippen LogP contribution in [0, 0.1) is 20.8 Å². The Hall–Kier alpha value is -2.80. The number of hydrogen-bond donors (Lipinski definition) is 0. The van der Waals surface area contributed by atoms with Crippen molar-refractivity contribution in [1.29, 1.82) is 0 Å². The monoisotopic (exact) mass is 443 g/mol. The molecular weight excluding hydrogens is 415 g/mol. The van der Waals surface area contributed by atoms with Crippen molar-refractivity contribution in [3.8, 4) is 0 Å². The van der Waals surface area contributed by atoms with Gasteiger partial charge in [0.2, 0.25) is 0 Å². The number of aromatic nitrogens is 2. The molecule has 1 aromatic carbocycles. The van der Waals surface area contributed by atoms with Crippen LogP contribution in [0.5, 0.6) is 0 Å². The zero-order valence-electron chi connectivity index (χ0n) is 18.9. The molecule has 7 heteroatoms. The molecule has 1 fully saturated rings. The fourth-order valence-electron chi connectivity index (χ4n) is 4.50. The minimum atomic E-state index is -4.37. The number of rotatable bonds is 4. The number of nitrogens with zero attached hydrogens (tertiary/aromatic N) is 3. The highest BCUT2D eigenvalue weighted by molar-refractivity contribution is 5.85. The molecule has 0 spiro atoms. The lowest BCUT2D eigenvalue weighted by atomic mass is 9.97. The van der Waals surface area contributed by atoms with Crippen LogP contribution in [0.1, 0.15) is 39.2 Å². The second kappa shape index (κ2) is 8.28. The van der Waals surface area contributed by atoms with E-state index in [0.29, 0.717) is 30.7 Å². The third kappa shape index (κ3) is 4.01. The first-order chi connectivity index (χ1) is 15.1. The highest BCUT2D eigenvalue weighted by Crippen LogP contribution is 2.35. The maximum absolute atomic E-state index is 13.3. The van der Waals surface area contributed by atoms with E-state index < -0.39 is 11.7 Å². The first-order valence-electron chi connectivity index (χ1n) is 10.7. The van der Waals surface area contributed by atoms with Gasteiger partial charge >= 0.3 is 6.18 Å². The molecule has 0 amide bonds. The summed E-state index contributed by atoms with van der Waals surface area (Å²) in [6, 6.07) is 4.45. The predicted octanol–water partition coefficient (Wildman–Crippen LogP) is 5.41. The molecule has 1 aliphatic rings. The normalized spacial score (nSPS) is 14.9. The first-order valence-corrected chi connectivity index (χ1v) is 10.7. The van der Waals surface area contributed by atoms with Crippen LogP contribution in [0.15, 0.2) is 31.0 Å². The van der Waals surface area contributed by atoms with E-state index in [4.69, 9.17) is 4.74 Å². The van der Waals surface area contributed by atoms with Gasteiger partial charge in [-0.05, 0) is 55.7 Å². The Kier molecular flexibility index (Phi) is 5.79. The van der Waals surface area contributed by atoms with Crippen LogP contribution in [-0.4, -0.2) is 40.8 Å². The average Bonchev–Trinajstić information content (AvgIpc) is 3.07. The number of aryl methyl sites for hydroxylation is 3. The maximum atomic E-state index is 13.3. The van der Waals surface area contributed by atoms with E-state index in [-0.39, 0.29) is 0 Å². The Balaban J connectivity index is 1.73. The number of halogens is 3. The fraction of sp³-hybridized carbons (Fsp3) is 0.400. The fourth-order valence-corrected chi connectivity index (χ4v) is 4.50. The molecule has 0 unspecified atom stereocenters. The van der Waals surface area contributed by atoms with Crippen molar-refractivity contribution in [1.82, 2.24) is 14.5 Å². The van der Waals surface area contributed by atoms with E-state index >= 15 is 0 Å². The molecule has 2 aromatic heterocycles. The largest absolute Gasteiger partial charge is 0.416 e. The molecule has 3 heterocycles. The van der Waals surface area contributed by atoms with Gasteiger partial charge in [-0.2, -0.15) is 13.2 Å². The summed E-state index contributed by atoms with van der Waals surface area (Å²) < 4.78 is 47.3. The summed E-state index contributed by atoms with van der Waals surface area (Å²) >= 11 is 0. The molecule has 0 bridgehead atoms. The third-order valence-electron chi connectivity index (χ3n) is 6.54. The lowest BCUT2D eigenvalue weighted by Crippen LogP contribution is -2.34. The Labute approximate surface area is 186 Å². The van der Waals surface area contributed by atoms with Gasteiger partial charge in [0.25, 0.3) is 0 Å². The molecule has 0 atom stereocenters. The van der Waals surface area contributed by atoms with Crippen LogP contribution < -0.4 is 0 Å². The van der Waals surface area contributed by atoms with Gasteiger partial charge in [-0.3, -0.25) is 4.98 Å². The van der Waals surface area contributed by atoms with Crippen molar-refractivity contribution in [3.05, 3.63) is 70.2 Å². The van der Waals surface area contributed by atoms with Crippen LogP contribution in [0.3, 0.4) is 0 Å². The number of ether oxygens (including phenoxy) is 1. The second-order valence-corrected chi connectivity index (χ2v) is 8.50. The van der Waals surface area contributed by atoms with Gasteiger partial charge in [-0.15, -0.1) is 0 Å². The first kappa shape index (κ1) is 22.4. The molecule has 0 aliphatic carbocycles. The van der Waals surface area contributed by atoms with E-state index in [1.807, 2.05) is 30.8 Å². The highest BCUT2D eigenvalue weighted by Gasteiger charge is 2.31. The number of fused-ring (bicyclic) bond motifs is 1. The van der Waals surface area contributed by atoms with Crippen molar-refractivity contribution < 1.29 is 17.9 Å². The van der Waals surface area contributed by atoms with Gasteiger partial charge in [-0.25, -0.2) is 0 Å². The summed E-state index contributed by atoms with van der Waals surface area (Å²) in [5.74, 6) is 0. The van der Waals surface area contributed by atoms with E-state index in [0.717, 1.165) is 52.3 Å². The quantitative estimate of drug-likeness (QED) is 0.540. The third-order valence-corrected chi connectivity index (χ3v) is 6.54. The average molecular weight is 444 g/mol. The van der Waals surface area contributed by atoms with Gasteiger partial charge in [0.05, 0.1) is 18.8 Å². The lowest BCUT2D eigenvalue weighted by Gasteiger charge is -2.31. The number of benzene rings is 1. The lowest BCUT2D eigenvalue weighted by molar-refractivity contribution is -0.137. The van der Waals surface area contributed by atoms with E-state index in [2.05, 4.69) is 23.4 Å². The van der Waals surface area contributed by atoms with Crippen molar-refractivity contribution in [2.24, 2.45) is 7.05 Å². The standard InChI is InChI=1S/C25H28F3N3O/c1-15-10-19(25(26,27)28)11-24-21(15)12-20(30(24)5)13-22-16(2)23(14-29-17(22)3)18(4)31-6-8-32-9-7-31/h10-12,14H,4,6-9,13H2,1-3,5H3. The van der Waals surface area contributed by atoms with Gasteiger partial charge in [0.15, 0.2) is 0 Å². The molecule has 0 N–H and O–H groups in total. The predicted molar refractivity (Wildman–Crippen MR) is 121 cm³/mol. The van der Waals surface area contributed by atoms with Crippen molar-refractivity contribution in [3.63, 3.8) is 0 Å². The summed E-state index contributed by atoms with van der Waals surface area (Å²) in [5, 5.41) is 0.840. The summed E-state index contributed by atoms with van der Waals surface area (Å²) in [6.45, 7) is 13.0. The molecule has 1 saturated heterocycles. The van der Waals surface area contributed by atoms with Gasteiger partial charge < -0.3 is 14.2 Å². The minimum Gasteiger partial charge on any atom is -0.378 e. The Bertz CT molecular complexity index is 1190. The Morgan fingerprint density at radius 2 is 1.81 bits per heavy atom. The van der Waals surface area contributed by atoms with Crippen molar-refractivity contribution in [2.75, 3.05) is 26.3 Å². The SMILES string of the molecule is C=C(c1cnc(C)c(Cc2cc3c(C)cc(C(F)(F)F)cc3n2C)c1C)N1CCOCC1. The van der Waals surface area contributed by atoms with E-state index in [1.54, 1.807) is 6.92 Å². The van der Waals surface area contributed by atoms with Gasteiger partial charge in [0, 0.05) is 66.3 Å². The summed E-state index contributed by atoms with van der Waals surface area (Å²) in [5.41, 5.74) is 6.58. The van der Waals surface area contributed by atoms with Crippen LogP contribution in [0.25, 0.3) is 16.6 Å². The van der Waals surface area contributed by atoms with Crippen LogP contribution in [0.4, 0.5) is 13.2 Å². The zero-order chi connectivity index (χ0) is 23.2. The second-order valence-electron chi connectivity index (χ2n) is 8.50. The topological polar surface area (TPSA) is 30.3 Å². The van der Waals surface area contributed by atoms with E-state index in [1.165, 1.54) is 12.1 Å². The highest BCUT2D eigenvalue weighted by atomic mass is 19.4. The van der Waals surface area contributed by atoms with Crippen LogP contribution in [0.2, 0.25) is 0 Å². The molecule has 4 rings (SSSR count). The summed E-state index contributed by atoms with van der Waals surface area (Å²) in [7, 11) is 1.83. The maximum Gasteiger partial charge on any atom is 0.416 e. The Morgan fingerprint density at radius 1 is 1.12 bits per heavy atom. The molecule has 4 nitrogen and oxygen atoms in total. The van der Waals surface area contributed by atoms with Gasteiger partial charge in [0.1, 0.15) is 0 Å². The number of morpholine rings is 1. The smallest absolute Gasteiger partial charge is 0.378 e. The molecule has 32 heavy (non-hydrogen) atoms. The van der Waals surface area contributed by atoms with Crippen LogP contribution in [-0.2, 0) is 24.4 Å². The summed E-state index contributed by atoms with van der Waals surface area (Å²) in [4.78, 5) is 6.84. The molecule has 1 aliphatic heterocycles. The molecule has 3 aromatic rings. The Morgan fingerprint density at radius 3 is 2.47 bits per heavy atom. The molecule has 0 saturated carbocycles. The number of alkyl halides is 3. The number of hydrogen-bond acceptors (Lipinski definition) is 3. The van der Waals surface area contributed by atoms with Crippen LogP contribution >= 0.6 is 0 Å². The summed E-state index contributed by atoms with van der Waals surface area (Å²) in [6.07, 6.45) is -1.91. The van der Waals surface area contributed by atoms with E-state index in [9.17, 15) is 13.2 Å². The molecule has 170 valence electrons. The molecular formula is C25H28F3N3O. The minimum absolute atomic E-state index is 0.584. The van der Waals surface area contributed by atoms with Crippen molar-refractivity contribution in [2.45, 2.75) is 33.4 Å². The zero-order valence-corrected chi connectivity index (χ0v) is 18.9. The van der Waals surface area contributed by atoms with Gasteiger partial charge in [-0.1, -0.05) is 6.58 Å². The van der Waals surface area contributed by atoms with Crippen molar-refractivity contribution >= 4 is 16.6 Å².